The summed E-state index contributed by atoms with van der Waals surface area (Å²) in [5.74, 6) is -1.01. The van der Waals surface area contributed by atoms with Gasteiger partial charge in [0.05, 0.1) is 25.5 Å². The highest BCUT2D eigenvalue weighted by molar-refractivity contribution is 6.00. The van der Waals surface area contributed by atoms with E-state index in [-0.39, 0.29) is 48.0 Å². The maximum absolute atomic E-state index is 11.8. The van der Waals surface area contributed by atoms with E-state index in [1.807, 2.05) is 0 Å². The molecular formula is C35H60N2O7. The molecule has 9 heteroatoms. The summed E-state index contributed by atoms with van der Waals surface area (Å²) in [6.45, 7) is 4.76. The number of rotatable bonds is 24. The number of unbranched alkanes of at least 4 members (excludes halogenated alkanes) is 14. The molecule has 1 saturated heterocycles. The van der Waals surface area contributed by atoms with Gasteiger partial charge in [0.2, 0.25) is 11.8 Å². The Balaban J connectivity index is 0.000000442. The number of nitrogens with one attached hydrogen (secondary N) is 2. The first-order chi connectivity index (χ1) is 21.3. The van der Waals surface area contributed by atoms with Crippen molar-refractivity contribution in [2.24, 2.45) is 0 Å². The second-order valence-electron chi connectivity index (χ2n) is 12.4. The number of esters is 1. The van der Waals surface area contributed by atoms with Gasteiger partial charge < -0.3 is 15.4 Å². The van der Waals surface area contributed by atoms with Gasteiger partial charge in [-0.05, 0) is 25.7 Å². The second-order valence-corrected chi connectivity index (χ2v) is 12.4. The average molecular weight is 621 g/mol. The Hall–Kier alpha value is -2.58. The highest BCUT2D eigenvalue weighted by Gasteiger charge is 2.28. The number of hydrogen-bond donors (Lipinski definition) is 2. The van der Waals surface area contributed by atoms with E-state index < -0.39 is 12.0 Å². The summed E-state index contributed by atoms with van der Waals surface area (Å²) >= 11 is 0. The molecule has 2 fully saturated rings. The number of carbonyl (C=O) groups is 6. The van der Waals surface area contributed by atoms with Crippen molar-refractivity contribution in [3.63, 3.8) is 0 Å². The molecule has 0 aromatic rings. The highest BCUT2D eigenvalue weighted by atomic mass is 16.5. The molecule has 44 heavy (non-hydrogen) atoms. The summed E-state index contributed by atoms with van der Waals surface area (Å²) < 4.78 is 4.75. The molecule has 1 aliphatic heterocycles. The van der Waals surface area contributed by atoms with Crippen molar-refractivity contribution in [3.05, 3.63) is 0 Å². The SMILES string of the molecule is CCCCCCCCCC(=O)CC(=O)N[C@H]1CCOC1=O.CCCCCCCCCCCC(=O)CC(=O)N[C@H]1CCCC1=O. The summed E-state index contributed by atoms with van der Waals surface area (Å²) in [6.07, 6.45) is 22.4. The molecule has 1 heterocycles. The minimum atomic E-state index is -0.566. The minimum absolute atomic E-state index is 0.00380. The molecule has 2 amide bonds. The highest BCUT2D eigenvalue weighted by Crippen LogP contribution is 2.15. The normalized spacial score (nSPS) is 17.5. The predicted octanol–water partition coefficient (Wildman–Crippen LogP) is 6.62. The summed E-state index contributed by atoms with van der Waals surface area (Å²) in [5, 5.41) is 5.24. The van der Waals surface area contributed by atoms with Crippen molar-refractivity contribution in [2.45, 2.75) is 180 Å². The van der Waals surface area contributed by atoms with Gasteiger partial charge in [0.25, 0.3) is 0 Å². The van der Waals surface area contributed by atoms with E-state index in [0.717, 1.165) is 44.9 Å². The monoisotopic (exact) mass is 620 g/mol. The smallest absolute Gasteiger partial charge is 0.328 e. The number of amides is 2. The van der Waals surface area contributed by atoms with E-state index in [4.69, 9.17) is 4.74 Å². The molecule has 0 bridgehead atoms. The van der Waals surface area contributed by atoms with Crippen LogP contribution in [-0.2, 0) is 33.5 Å². The maximum atomic E-state index is 11.8. The minimum Gasteiger partial charge on any atom is -0.464 e. The van der Waals surface area contributed by atoms with Crippen LogP contribution in [-0.4, -0.2) is 53.8 Å². The Bertz CT molecular complexity index is 873. The molecule has 1 saturated carbocycles. The molecule has 0 aromatic carbocycles. The van der Waals surface area contributed by atoms with Gasteiger partial charge in [-0.15, -0.1) is 0 Å². The number of hydrogen-bond acceptors (Lipinski definition) is 7. The Labute approximate surface area is 265 Å². The fraction of sp³-hybridized carbons (Fsp3) is 0.829. The Kier molecular flexibility index (Phi) is 23.1. The van der Waals surface area contributed by atoms with Crippen LogP contribution in [0.1, 0.15) is 168 Å². The second kappa shape index (κ2) is 25.7. The molecule has 2 atom stereocenters. The van der Waals surface area contributed by atoms with Crippen LogP contribution >= 0.6 is 0 Å². The number of ketones is 3. The van der Waals surface area contributed by atoms with Gasteiger partial charge >= 0.3 is 5.97 Å². The summed E-state index contributed by atoms with van der Waals surface area (Å²) in [7, 11) is 0. The molecule has 2 rings (SSSR count). The lowest BCUT2D eigenvalue weighted by molar-refractivity contribution is -0.142. The van der Waals surface area contributed by atoms with Gasteiger partial charge in [0.15, 0.2) is 5.78 Å². The average Bonchev–Trinajstić information content (AvgIpc) is 3.58. The van der Waals surface area contributed by atoms with Crippen LogP contribution in [0.15, 0.2) is 0 Å². The Morgan fingerprint density at radius 1 is 0.614 bits per heavy atom. The van der Waals surface area contributed by atoms with E-state index in [1.165, 1.54) is 70.6 Å². The van der Waals surface area contributed by atoms with E-state index in [0.29, 0.717) is 32.3 Å². The van der Waals surface area contributed by atoms with E-state index in [2.05, 4.69) is 24.5 Å². The third kappa shape index (κ3) is 20.4. The van der Waals surface area contributed by atoms with E-state index >= 15 is 0 Å². The van der Waals surface area contributed by atoms with Crippen LogP contribution in [0.3, 0.4) is 0 Å². The van der Waals surface area contributed by atoms with Crippen molar-refractivity contribution >= 4 is 35.1 Å². The van der Waals surface area contributed by atoms with Crippen molar-refractivity contribution in [1.29, 1.82) is 0 Å². The molecule has 9 nitrogen and oxygen atoms in total. The topological polar surface area (TPSA) is 136 Å². The van der Waals surface area contributed by atoms with Gasteiger partial charge in [0, 0.05) is 25.7 Å². The molecule has 0 unspecified atom stereocenters. The van der Waals surface area contributed by atoms with E-state index in [9.17, 15) is 28.8 Å². The fourth-order valence-electron chi connectivity index (χ4n) is 5.53. The Morgan fingerprint density at radius 3 is 1.43 bits per heavy atom. The van der Waals surface area contributed by atoms with Gasteiger partial charge in [-0.1, -0.05) is 104 Å². The standard InChI is InChI=1S/C19H33NO3.C16H27NO4/c1-2-3-4-5-6-7-8-9-10-12-16(21)15-19(23)20-17-13-11-14-18(17)22;1-2-3-4-5-6-7-8-9-13(18)12-15(19)17-14-10-11-21-16(14)20/h17H,2-15H2,1H3,(H,20,23);14H,2-12H2,1H3,(H,17,19)/t17-;14-/m00/s1. The van der Waals surface area contributed by atoms with Crippen LogP contribution in [0.5, 0.6) is 0 Å². The number of ether oxygens (including phenoxy) is 1. The lowest BCUT2D eigenvalue weighted by atomic mass is 10.0. The van der Waals surface area contributed by atoms with Crippen molar-refractivity contribution < 1.29 is 33.5 Å². The molecule has 252 valence electrons. The van der Waals surface area contributed by atoms with Crippen LogP contribution in [0.25, 0.3) is 0 Å². The summed E-state index contributed by atoms with van der Waals surface area (Å²) in [4.78, 5) is 69.4. The Morgan fingerprint density at radius 2 is 1.05 bits per heavy atom. The maximum Gasteiger partial charge on any atom is 0.328 e. The molecule has 2 aliphatic rings. The zero-order valence-corrected chi connectivity index (χ0v) is 27.7. The van der Waals surface area contributed by atoms with Gasteiger partial charge in [0.1, 0.15) is 17.6 Å². The van der Waals surface area contributed by atoms with E-state index in [1.54, 1.807) is 0 Å². The molecule has 0 radical (unpaired) electrons. The number of Topliss-reactive ketones (excluding diaryl/α,β-unsaturated/α-hetero) is 3. The largest absolute Gasteiger partial charge is 0.464 e. The van der Waals surface area contributed by atoms with Crippen molar-refractivity contribution in [1.82, 2.24) is 10.6 Å². The predicted molar refractivity (Wildman–Crippen MR) is 172 cm³/mol. The zero-order chi connectivity index (χ0) is 32.4. The van der Waals surface area contributed by atoms with Crippen LogP contribution < -0.4 is 10.6 Å². The van der Waals surface area contributed by atoms with Gasteiger partial charge in [-0.2, -0.15) is 0 Å². The quantitative estimate of drug-likeness (QED) is 0.0703. The van der Waals surface area contributed by atoms with Crippen LogP contribution in [0, 0.1) is 0 Å². The molecular weight excluding hydrogens is 560 g/mol. The number of carbonyl (C=O) groups excluding carboxylic acids is 6. The summed E-state index contributed by atoms with van der Waals surface area (Å²) in [6, 6.07) is -0.910. The first kappa shape index (κ1) is 39.4. The fourth-order valence-corrected chi connectivity index (χ4v) is 5.53. The summed E-state index contributed by atoms with van der Waals surface area (Å²) in [5.41, 5.74) is 0. The zero-order valence-electron chi connectivity index (χ0n) is 27.7. The van der Waals surface area contributed by atoms with Crippen molar-refractivity contribution in [2.75, 3.05) is 6.61 Å². The molecule has 0 spiro atoms. The van der Waals surface area contributed by atoms with Crippen LogP contribution in [0.4, 0.5) is 0 Å². The van der Waals surface area contributed by atoms with Gasteiger partial charge in [-0.3, -0.25) is 24.0 Å². The first-order valence-electron chi connectivity index (χ1n) is 17.6. The molecule has 1 aliphatic carbocycles. The van der Waals surface area contributed by atoms with Crippen LogP contribution in [0.2, 0.25) is 0 Å². The first-order valence-corrected chi connectivity index (χ1v) is 17.6. The van der Waals surface area contributed by atoms with Crippen molar-refractivity contribution in [3.8, 4) is 0 Å². The van der Waals surface area contributed by atoms with Gasteiger partial charge in [-0.25, -0.2) is 4.79 Å². The molecule has 0 aromatic heterocycles. The lowest BCUT2D eigenvalue weighted by Crippen LogP contribution is -2.38. The number of cyclic esters (lactones) is 1. The third-order valence-electron chi connectivity index (χ3n) is 8.24. The third-order valence-corrected chi connectivity index (χ3v) is 8.24. The lowest BCUT2D eigenvalue weighted by Gasteiger charge is -2.10. The molecule has 2 N–H and O–H groups in total.